The molecule has 0 unspecified atom stereocenters. The molecule has 1 saturated heterocycles. The molecule has 114 valence electrons. The SMILES string of the molecule is C=CCc1ccc(O[C@H]2CN[C@H](C(=O)OC)C2)c(OC)c1. The van der Waals surface area contributed by atoms with Gasteiger partial charge in [0.1, 0.15) is 12.1 Å². The lowest BCUT2D eigenvalue weighted by Crippen LogP contribution is -2.31. The molecule has 5 nitrogen and oxygen atoms in total. The normalized spacial score (nSPS) is 20.9. The number of rotatable bonds is 6. The van der Waals surface area contributed by atoms with Crippen LogP contribution in [0.4, 0.5) is 0 Å². The summed E-state index contributed by atoms with van der Waals surface area (Å²) < 4.78 is 16.0. The second-order valence-electron chi connectivity index (χ2n) is 4.94. The van der Waals surface area contributed by atoms with Crippen molar-refractivity contribution in [2.45, 2.75) is 25.0 Å². The number of nitrogens with one attached hydrogen (secondary N) is 1. The van der Waals surface area contributed by atoms with Crippen LogP contribution in [-0.4, -0.2) is 38.9 Å². The molecule has 2 rings (SSSR count). The van der Waals surface area contributed by atoms with Crippen LogP contribution in [0.2, 0.25) is 0 Å². The lowest BCUT2D eigenvalue weighted by molar-refractivity contribution is -0.142. The first-order valence-corrected chi connectivity index (χ1v) is 6.93. The maximum absolute atomic E-state index is 11.5. The Kier molecular flexibility index (Phi) is 5.22. The number of ether oxygens (including phenoxy) is 3. The molecule has 5 heteroatoms. The van der Waals surface area contributed by atoms with Gasteiger partial charge in [-0.3, -0.25) is 4.79 Å². The van der Waals surface area contributed by atoms with Crippen LogP contribution < -0.4 is 14.8 Å². The molecule has 1 aromatic rings. The van der Waals surface area contributed by atoms with Crippen molar-refractivity contribution in [3.8, 4) is 11.5 Å². The number of methoxy groups -OCH3 is 2. The number of allylic oxidation sites excluding steroid dienone is 1. The average Bonchev–Trinajstić information content (AvgIpc) is 2.96. The lowest BCUT2D eigenvalue weighted by Gasteiger charge is -2.16. The summed E-state index contributed by atoms with van der Waals surface area (Å²) in [5.74, 6) is 1.12. The molecule has 2 atom stereocenters. The third-order valence-corrected chi connectivity index (χ3v) is 3.48. The van der Waals surface area contributed by atoms with Crippen LogP contribution in [-0.2, 0) is 16.0 Å². The summed E-state index contributed by atoms with van der Waals surface area (Å²) in [6, 6.07) is 5.52. The minimum atomic E-state index is -0.300. The minimum absolute atomic E-state index is 0.0757. The van der Waals surface area contributed by atoms with E-state index >= 15 is 0 Å². The van der Waals surface area contributed by atoms with Gasteiger partial charge >= 0.3 is 5.97 Å². The van der Waals surface area contributed by atoms with Gasteiger partial charge in [0, 0.05) is 13.0 Å². The van der Waals surface area contributed by atoms with Gasteiger partial charge in [0.25, 0.3) is 0 Å². The van der Waals surface area contributed by atoms with E-state index in [9.17, 15) is 4.79 Å². The summed E-state index contributed by atoms with van der Waals surface area (Å²) >= 11 is 0. The van der Waals surface area contributed by atoms with E-state index in [4.69, 9.17) is 14.2 Å². The van der Waals surface area contributed by atoms with Crippen LogP contribution >= 0.6 is 0 Å². The van der Waals surface area contributed by atoms with Gasteiger partial charge in [-0.05, 0) is 24.1 Å². The molecule has 1 aliphatic rings. The van der Waals surface area contributed by atoms with Crippen molar-refractivity contribution >= 4 is 5.97 Å². The fraction of sp³-hybridized carbons (Fsp3) is 0.438. The van der Waals surface area contributed by atoms with Crippen molar-refractivity contribution in [2.75, 3.05) is 20.8 Å². The fourth-order valence-electron chi connectivity index (χ4n) is 2.40. The smallest absolute Gasteiger partial charge is 0.323 e. The molecule has 1 aliphatic heterocycles. The standard InChI is InChI=1S/C16H21NO4/c1-4-5-11-6-7-14(15(8-11)19-2)21-12-9-13(17-10-12)16(18)20-3/h4,6-8,12-13,17H,1,5,9-10H2,2-3H3/t12-,13+/m1/s1. The Morgan fingerprint density at radius 3 is 2.90 bits per heavy atom. The second-order valence-corrected chi connectivity index (χ2v) is 4.94. The van der Waals surface area contributed by atoms with Gasteiger partial charge in [-0.15, -0.1) is 6.58 Å². The first kappa shape index (κ1) is 15.4. The predicted octanol–water partition coefficient (Wildman–Crippen LogP) is 1.71. The Morgan fingerprint density at radius 1 is 1.43 bits per heavy atom. The Balaban J connectivity index is 2.03. The van der Waals surface area contributed by atoms with Crippen LogP contribution in [0.15, 0.2) is 30.9 Å². The number of benzene rings is 1. The number of esters is 1. The molecule has 0 saturated carbocycles. The van der Waals surface area contributed by atoms with Gasteiger partial charge in [-0.25, -0.2) is 0 Å². The number of carbonyl (C=O) groups is 1. The van der Waals surface area contributed by atoms with Crippen molar-refractivity contribution in [2.24, 2.45) is 0 Å². The highest BCUT2D eigenvalue weighted by molar-refractivity contribution is 5.76. The maximum Gasteiger partial charge on any atom is 0.323 e. The topological polar surface area (TPSA) is 56.8 Å². The van der Waals surface area contributed by atoms with Gasteiger partial charge in [-0.2, -0.15) is 0 Å². The third-order valence-electron chi connectivity index (χ3n) is 3.48. The van der Waals surface area contributed by atoms with E-state index in [1.807, 2.05) is 24.3 Å². The Bertz CT molecular complexity index is 515. The van der Waals surface area contributed by atoms with Crippen molar-refractivity contribution in [3.05, 3.63) is 36.4 Å². The molecule has 0 amide bonds. The fourth-order valence-corrected chi connectivity index (χ4v) is 2.40. The quantitative estimate of drug-likeness (QED) is 0.638. The average molecular weight is 291 g/mol. The molecule has 0 aromatic heterocycles. The highest BCUT2D eigenvalue weighted by atomic mass is 16.5. The lowest BCUT2D eigenvalue weighted by atomic mass is 10.1. The van der Waals surface area contributed by atoms with Crippen LogP contribution in [0.25, 0.3) is 0 Å². The highest BCUT2D eigenvalue weighted by Gasteiger charge is 2.31. The predicted molar refractivity (Wildman–Crippen MR) is 79.7 cm³/mol. The minimum Gasteiger partial charge on any atom is -0.493 e. The number of hydrogen-bond donors (Lipinski definition) is 1. The van der Waals surface area contributed by atoms with Crippen LogP contribution in [0, 0.1) is 0 Å². The van der Waals surface area contributed by atoms with Gasteiger partial charge < -0.3 is 19.5 Å². The molecule has 1 heterocycles. The number of carbonyl (C=O) groups excluding carboxylic acids is 1. The van der Waals surface area contributed by atoms with Gasteiger partial charge in [0.2, 0.25) is 0 Å². The molecular formula is C16H21NO4. The van der Waals surface area contributed by atoms with E-state index in [0.29, 0.717) is 24.5 Å². The first-order chi connectivity index (χ1) is 10.2. The Morgan fingerprint density at radius 2 is 2.24 bits per heavy atom. The van der Waals surface area contributed by atoms with Gasteiger partial charge in [0.05, 0.1) is 14.2 Å². The summed E-state index contributed by atoms with van der Waals surface area (Å²) in [5.41, 5.74) is 1.12. The largest absolute Gasteiger partial charge is 0.493 e. The molecule has 1 aromatic carbocycles. The van der Waals surface area contributed by atoms with Gasteiger partial charge in [0.15, 0.2) is 11.5 Å². The second kappa shape index (κ2) is 7.13. The molecule has 21 heavy (non-hydrogen) atoms. The van der Waals surface area contributed by atoms with E-state index in [1.165, 1.54) is 7.11 Å². The monoisotopic (exact) mass is 291 g/mol. The zero-order chi connectivity index (χ0) is 15.2. The zero-order valence-corrected chi connectivity index (χ0v) is 12.4. The summed E-state index contributed by atoms with van der Waals surface area (Å²) in [4.78, 5) is 11.5. The van der Waals surface area contributed by atoms with Crippen LogP contribution in [0.5, 0.6) is 11.5 Å². The van der Waals surface area contributed by atoms with Crippen molar-refractivity contribution in [3.63, 3.8) is 0 Å². The number of hydrogen-bond acceptors (Lipinski definition) is 5. The molecule has 0 bridgehead atoms. The van der Waals surface area contributed by atoms with E-state index in [-0.39, 0.29) is 18.1 Å². The van der Waals surface area contributed by atoms with Crippen LogP contribution in [0.3, 0.4) is 0 Å². The summed E-state index contributed by atoms with van der Waals surface area (Å²) in [5, 5.41) is 3.09. The van der Waals surface area contributed by atoms with E-state index in [1.54, 1.807) is 7.11 Å². The van der Waals surface area contributed by atoms with Crippen molar-refractivity contribution in [1.29, 1.82) is 0 Å². The molecular weight excluding hydrogens is 270 g/mol. The van der Waals surface area contributed by atoms with Gasteiger partial charge in [-0.1, -0.05) is 12.1 Å². The molecule has 0 aliphatic carbocycles. The summed E-state index contributed by atoms with van der Waals surface area (Å²) in [6.45, 7) is 4.33. The molecule has 1 fully saturated rings. The third kappa shape index (κ3) is 3.76. The van der Waals surface area contributed by atoms with Crippen LogP contribution in [0.1, 0.15) is 12.0 Å². The molecule has 1 N–H and O–H groups in total. The van der Waals surface area contributed by atoms with E-state index in [2.05, 4.69) is 11.9 Å². The van der Waals surface area contributed by atoms with Crippen molar-refractivity contribution < 1.29 is 19.0 Å². The first-order valence-electron chi connectivity index (χ1n) is 6.93. The maximum atomic E-state index is 11.5. The molecule has 0 radical (unpaired) electrons. The Hall–Kier alpha value is -2.01. The van der Waals surface area contributed by atoms with E-state index < -0.39 is 0 Å². The molecule has 0 spiro atoms. The van der Waals surface area contributed by atoms with Crippen molar-refractivity contribution in [1.82, 2.24) is 5.32 Å². The summed E-state index contributed by atoms with van der Waals surface area (Å²) in [7, 11) is 3.00. The summed E-state index contributed by atoms with van der Waals surface area (Å²) in [6.07, 6.45) is 3.14. The highest BCUT2D eigenvalue weighted by Crippen LogP contribution is 2.30. The zero-order valence-electron chi connectivity index (χ0n) is 12.4. The van der Waals surface area contributed by atoms with E-state index in [0.717, 1.165) is 12.0 Å². The Labute approximate surface area is 124 Å².